The molecule has 2 aromatic rings. The van der Waals surface area contributed by atoms with E-state index in [-0.39, 0.29) is 5.82 Å². The number of hydrogen-bond donors (Lipinski definition) is 0. The minimum atomic E-state index is -0.581. The Hall–Kier alpha value is -2.68. The fourth-order valence-corrected chi connectivity index (χ4v) is 1.50. The number of hydrogen-bond acceptors (Lipinski definition) is 5. The average molecular weight is 242 g/mol. The number of aromatic nitrogens is 3. The third-order valence-corrected chi connectivity index (χ3v) is 2.37. The van der Waals surface area contributed by atoms with Crippen LogP contribution in [0.25, 0.3) is 0 Å². The second-order valence-electron chi connectivity index (χ2n) is 3.53. The first kappa shape index (κ1) is 11.8. The van der Waals surface area contributed by atoms with Crippen LogP contribution in [0.1, 0.15) is 21.7 Å². The number of rotatable bonds is 3. The van der Waals surface area contributed by atoms with Crippen LogP contribution >= 0.6 is 0 Å². The summed E-state index contributed by atoms with van der Waals surface area (Å²) in [5.74, 6) is -0.575. The summed E-state index contributed by atoms with van der Waals surface area (Å²) in [5, 5.41) is 12.9. The Labute approximate surface area is 103 Å². The van der Waals surface area contributed by atoms with E-state index in [1.54, 1.807) is 12.1 Å². The van der Waals surface area contributed by atoms with Gasteiger partial charge in [0.1, 0.15) is 6.33 Å². The van der Waals surface area contributed by atoms with Gasteiger partial charge in [0.15, 0.2) is 0 Å². The monoisotopic (exact) mass is 242 g/mol. The van der Waals surface area contributed by atoms with Gasteiger partial charge < -0.3 is 4.74 Å². The molecular weight excluding hydrogens is 232 g/mol. The molecule has 0 N–H and O–H groups in total. The molecule has 1 aromatic heterocycles. The summed E-state index contributed by atoms with van der Waals surface area (Å²) < 4.78 is 6.00. The molecule has 0 atom stereocenters. The zero-order chi connectivity index (χ0) is 13.0. The summed E-state index contributed by atoms with van der Waals surface area (Å²) in [7, 11) is 1.27. The first-order valence-electron chi connectivity index (χ1n) is 5.20. The van der Waals surface area contributed by atoms with Crippen LogP contribution in [0, 0.1) is 11.3 Å². The van der Waals surface area contributed by atoms with Crippen LogP contribution in [0.15, 0.2) is 30.6 Å². The van der Waals surface area contributed by atoms with E-state index in [2.05, 4.69) is 20.9 Å². The van der Waals surface area contributed by atoms with Gasteiger partial charge in [0, 0.05) is 0 Å². The maximum absolute atomic E-state index is 11.2. The van der Waals surface area contributed by atoms with Crippen LogP contribution in [-0.4, -0.2) is 27.8 Å². The van der Waals surface area contributed by atoms with E-state index < -0.39 is 5.97 Å². The van der Waals surface area contributed by atoms with Crippen LogP contribution in [0.3, 0.4) is 0 Å². The lowest BCUT2D eigenvalue weighted by atomic mass is 10.1. The predicted octanol–water partition coefficient (Wildman–Crippen LogP) is 0.985. The zero-order valence-electron chi connectivity index (χ0n) is 9.70. The number of carbonyl (C=O) groups excluding carboxylic acids is 1. The standard InChI is InChI=1S/C12H10N4O2/c1-18-12(17)11-14-8-16(15-11)7-10-5-3-2-4-9(10)6-13/h2-5,8H,7H2,1H3. The minimum absolute atomic E-state index is 0.00642. The molecule has 0 aliphatic heterocycles. The van der Waals surface area contributed by atoms with Crippen LogP contribution < -0.4 is 0 Å². The van der Waals surface area contributed by atoms with Crippen LogP contribution in [0.5, 0.6) is 0 Å². The molecule has 1 heterocycles. The number of esters is 1. The van der Waals surface area contributed by atoms with E-state index in [0.29, 0.717) is 12.1 Å². The second kappa shape index (κ2) is 5.10. The van der Waals surface area contributed by atoms with Gasteiger partial charge in [-0.25, -0.2) is 14.5 Å². The van der Waals surface area contributed by atoms with E-state index in [9.17, 15) is 4.79 Å². The van der Waals surface area contributed by atoms with Crippen molar-refractivity contribution < 1.29 is 9.53 Å². The Morgan fingerprint density at radius 2 is 2.28 bits per heavy atom. The number of carbonyl (C=O) groups is 1. The first-order valence-corrected chi connectivity index (χ1v) is 5.20. The molecule has 0 amide bonds. The molecule has 0 unspecified atom stereocenters. The van der Waals surface area contributed by atoms with Crippen molar-refractivity contribution in [3.8, 4) is 6.07 Å². The third kappa shape index (κ3) is 2.35. The summed E-state index contributed by atoms with van der Waals surface area (Å²) in [4.78, 5) is 15.0. The van der Waals surface area contributed by atoms with E-state index in [1.165, 1.54) is 18.1 Å². The lowest BCUT2D eigenvalue weighted by Gasteiger charge is -2.02. The van der Waals surface area contributed by atoms with Gasteiger partial charge in [-0.3, -0.25) is 0 Å². The van der Waals surface area contributed by atoms with E-state index in [1.807, 2.05) is 12.1 Å². The van der Waals surface area contributed by atoms with Gasteiger partial charge in [0.25, 0.3) is 5.82 Å². The number of ether oxygens (including phenoxy) is 1. The van der Waals surface area contributed by atoms with E-state index in [0.717, 1.165) is 5.56 Å². The molecule has 6 nitrogen and oxygen atoms in total. The molecule has 2 rings (SSSR count). The van der Waals surface area contributed by atoms with E-state index in [4.69, 9.17) is 5.26 Å². The van der Waals surface area contributed by atoms with Crippen molar-refractivity contribution in [3.05, 3.63) is 47.5 Å². The van der Waals surface area contributed by atoms with Crippen LogP contribution in [0.2, 0.25) is 0 Å². The molecular formula is C12H10N4O2. The van der Waals surface area contributed by atoms with Gasteiger partial charge in [-0.05, 0) is 11.6 Å². The smallest absolute Gasteiger partial charge is 0.377 e. The molecule has 90 valence electrons. The van der Waals surface area contributed by atoms with Crippen molar-refractivity contribution in [2.45, 2.75) is 6.54 Å². The van der Waals surface area contributed by atoms with Crippen molar-refractivity contribution in [2.75, 3.05) is 7.11 Å². The summed E-state index contributed by atoms with van der Waals surface area (Å²) in [5.41, 5.74) is 1.40. The second-order valence-corrected chi connectivity index (χ2v) is 3.53. The summed E-state index contributed by atoms with van der Waals surface area (Å²) in [6.07, 6.45) is 1.43. The summed E-state index contributed by atoms with van der Waals surface area (Å²) in [6, 6.07) is 9.30. The highest BCUT2D eigenvalue weighted by molar-refractivity contribution is 5.84. The van der Waals surface area contributed by atoms with Crippen molar-refractivity contribution in [1.82, 2.24) is 14.8 Å². The topological polar surface area (TPSA) is 80.8 Å². The van der Waals surface area contributed by atoms with Gasteiger partial charge >= 0.3 is 5.97 Å². The minimum Gasteiger partial charge on any atom is -0.463 e. The van der Waals surface area contributed by atoms with Crippen molar-refractivity contribution >= 4 is 5.97 Å². The van der Waals surface area contributed by atoms with Crippen molar-refractivity contribution in [2.24, 2.45) is 0 Å². The Morgan fingerprint density at radius 3 is 3.00 bits per heavy atom. The molecule has 0 radical (unpaired) electrons. The Kier molecular flexibility index (Phi) is 3.34. The molecule has 0 aliphatic carbocycles. The fraction of sp³-hybridized carbons (Fsp3) is 0.167. The molecule has 0 spiro atoms. The normalized spacial score (nSPS) is 9.78. The van der Waals surface area contributed by atoms with Gasteiger partial charge in [-0.2, -0.15) is 5.26 Å². The van der Waals surface area contributed by atoms with Gasteiger partial charge in [0.2, 0.25) is 0 Å². The zero-order valence-corrected chi connectivity index (χ0v) is 9.70. The molecule has 0 bridgehead atoms. The molecule has 18 heavy (non-hydrogen) atoms. The van der Waals surface area contributed by atoms with E-state index >= 15 is 0 Å². The Morgan fingerprint density at radius 1 is 1.50 bits per heavy atom. The first-order chi connectivity index (χ1) is 8.74. The average Bonchev–Trinajstić information content (AvgIpc) is 2.87. The molecule has 0 aliphatic rings. The van der Waals surface area contributed by atoms with Crippen LogP contribution in [-0.2, 0) is 11.3 Å². The lowest BCUT2D eigenvalue weighted by molar-refractivity contribution is 0.0586. The number of nitrogens with zero attached hydrogens (tertiary/aromatic N) is 4. The number of methoxy groups -OCH3 is 1. The quantitative estimate of drug-likeness (QED) is 0.749. The van der Waals surface area contributed by atoms with Crippen molar-refractivity contribution in [3.63, 3.8) is 0 Å². The van der Waals surface area contributed by atoms with Gasteiger partial charge in [-0.15, -0.1) is 5.10 Å². The van der Waals surface area contributed by atoms with Crippen LogP contribution in [0.4, 0.5) is 0 Å². The molecule has 0 fully saturated rings. The highest BCUT2D eigenvalue weighted by Gasteiger charge is 2.11. The van der Waals surface area contributed by atoms with Crippen molar-refractivity contribution in [1.29, 1.82) is 5.26 Å². The largest absolute Gasteiger partial charge is 0.463 e. The SMILES string of the molecule is COC(=O)c1ncn(Cc2ccccc2C#N)n1. The molecule has 0 saturated heterocycles. The van der Waals surface area contributed by atoms with Gasteiger partial charge in [0.05, 0.1) is 25.3 Å². The maximum Gasteiger partial charge on any atom is 0.377 e. The predicted molar refractivity (Wildman–Crippen MR) is 61.6 cm³/mol. The summed E-state index contributed by atoms with van der Waals surface area (Å²) >= 11 is 0. The Bertz CT molecular complexity index is 613. The number of nitriles is 1. The number of benzene rings is 1. The highest BCUT2D eigenvalue weighted by Crippen LogP contribution is 2.08. The molecule has 6 heteroatoms. The maximum atomic E-state index is 11.2. The molecule has 1 aromatic carbocycles. The molecule has 0 saturated carbocycles. The van der Waals surface area contributed by atoms with Gasteiger partial charge in [-0.1, -0.05) is 18.2 Å². The highest BCUT2D eigenvalue weighted by atomic mass is 16.5. The lowest BCUT2D eigenvalue weighted by Crippen LogP contribution is -2.07. The fourth-order valence-electron chi connectivity index (χ4n) is 1.50. The Balaban J connectivity index is 2.22. The third-order valence-electron chi connectivity index (χ3n) is 2.37. The summed E-state index contributed by atoms with van der Waals surface area (Å²) in [6.45, 7) is 0.383.